The zero-order valence-corrected chi connectivity index (χ0v) is 13.6. The highest BCUT2D eigenvalue weighted by atomic mass is 35.7. The lowest BCUT2D eigenvalue weighted by Crippen LogP contribution is -2.09. The molecule has 7 heteroatoms. The first-order valence-corrected chi connectivity index (χ1v) is 9.12. The zero-order chi connectivity index (χ0) is 14.4. The highest BCUT2D eigenvalue weighted by Crippen LogP contribution is 2.42. The van der Waals surface area contributed by atoms with Gasteiger partial charge in [-0.1, -0.05) is 25.4 Å². The molecule has 1 aromatic heterocycles. The van der Waals surface area contributed by atoms with Crippen molar-refractivity contribution in [2.45, 2.75) is 51.0 Å². The molecule has 1 atom stereocenters. The van der Waals surface area contributed by atoms with Crippen LogP contribution < -0.4 is 0 Å². The smallest absolute Gasteiger partial charge is 0.249 e. The molecule has 1 saturated carbocycles. The van der Waals surface area contributed by atoms with E-state index >= 15 is 0 Å². The molecule has 0 bridgehead atoms. The van der Waals surface area contributed by atoms with Gasteiger partial charge < -0.3 is 0 Å². The lowest BCUT2D eigenvalue weighted by molar-refractivity contribution is 0.435. The molecule has 1 aromatic rings. The molecule has 1 fully saturated rings. The topological polar surface area (TPSA) is 52.0 Å². The molecule has 2 rings (SSSR count). The zero-order valence-electron chi connectivity index (χ0n) is 11.2. The quantitative estimate of drug-likeness (QED) is 0.777. The first-order valence-electron chi connectivity index (χ1n) is 6.43. The van der Waals surface area contributed by atoms with E-state index in [1.165, 1.54) is 0 Å². The third-order valence-electron chi connectivity index (χ3n) is 3.41. The molecule has 1 aliphatic carbocycles. The molecular weight excluding hydrogens is 307 g/mol. The molecule has 1 unspecified atom stereocenters. The first-order chi connectivity index (χ1) is 8.71. The summed E-state index contributed by atoms with van der Waals surface area (Å²) in [6.45, 7) is 6.02. The number of rotatable bonds is 5. The van der Waals surface area contributed by atoms with E-state index in [0.717, 1.165) is 12.8 Å². The highest BCUT2D eigenvalue weighted by Gasteiger charge is 2.34. The minimum absolute atomic E-state index is 0.0166. The van der Waals surface area contributed by atoms with Gasteiger partial charge in [-0.05, 0) is 38.0 Å². The Kier molecular flexibility index (Phi) is 4.19. The van der Waals surface area contributed by atoms with E-state index in [1.54, 1.807) is 4.68 Å². The van der Waals surface area contributed by atoms with Crippen molar-refractivity contribution >= 4 is 31.3 Å². The average Bonchev–Trinajstić information content (AvgIpc) is 3.01. The molecule has 0 radical (unpaired) electrons. The van der Waals surface area contributed by atoms with E-state index in [9.17, 15) is 8.42 Å². The maximum Gasteiger partial charge on any atom is 0.266 e. The van der Waals surface area contributed by atoms with E-state index < -0.39 is 9.05 Å². The molecular formula is C12H18Cl2N2O2S. The van der Waals surface area contributed by atoms with Crippen LogP contribution in [0.4, 0.5) is 0 Å². The van der Waals surface area contributed by atoms with Crippen LogP contribution in [-0.2, 0) is 15.5 Å². The van der Waals surface area contributed by atoms with Crippen molar-refractivity contribution in [3.63, 3.8) is 0 Å². The van der Waals surface area contributed by atoms with Crippen LogP contribution in [0.25, 0.3) is 0 Å². The van der Waals surface area contributed by atoms with Gasteiger partial charge >= 0.3 is 0 Å². The Balaban J connectivity index is 2.49. The van der Waals surface area contributed by atoms with E-state index in [4.69, 9.17) is 22.3 Å². The summed E-state index contributed by atoms with van der Waals surface area (Å²) in [6, 6.07) is 0.116. The summed E-state index contributed by atoms with van der Waals surface area (Å²) >= 11 is 6.20. The average molecular weight is 325 g/mol. The fourth-order valence-electron chi connectivity index (χ4n) is 2.25. The van der Waals surface area contributed by atoms with Gasteiger partial charge in [0.25, 0.3) is 9.05 Å². The molecule has 108 valence electrons. The summed E-state index contributed by atoms with van der Waals surface area (Å²) in [5, 5.41) is 4.54. The summed E-state index contributed by atoms with van der Waals surface area (Å²) in [4.78, 5) is -0.0166. The lowest BCUT2D eigenvalue weighted by Gasteiger charge is -2.11. The van der Waals surface area contributed by atoms with E-state index in [-0.39, 0.29) is 22.0 Å². The summed E-state index contributed by atoms with van der Waals surface area (Å²) in [7, 11) is 1.63. The van der Waals surface area contributed by atoms with Crippen LogP contribution in [0.5, 0.6) is 0 Å². The van der Waals surface area contributed by atoms with Gasteiger partial charge in [0, 0.05) is 10.7 Å². The molecule has 1 heterocycles. The fraction of sp³-hybridized carbons (Fsp3) is 0.750. The van der Waals surface area contributed by atoms with Crippen molar-refractivity contribution in [3.05, 3.63) is 10.8 Å². The second kappa shape index (κ2) is 5.26. The predicted octanol–water partition coefficient (Wildman–Crippen LogP) is 3.63. The molecule has 0 amide bonds. The Morgan fingerprint density at radius 1 is 1.37 bits per heavy atom. The number of hydrogen-bond donors (Lipinski definition) is 0. The van der Waals surface area contributed by atoms with Crippen LogP contribution in [0.1, 0.15) is 45.3 Å². The maximum absolute atomic E-state index is 11.7. The maximum atomic E-state index is 11.7. The Morgan fingerprint density at radius 3 is 2.37 bits per heavy atom. The van der Waals surface area contributed by atoms with Gasteiger partial charge in [-0.25, -0.2) is 13.1 Å². The first kappa shape index (κ1) is 15.1. The summed E-state index contributed by atoms with van der Waals surface area (Å²) in [5.41, 5.74) is 0.475. The number of halogens is 2. The minimum atomic E-state index is -3.87. The van der Waals surface area contributed by atoms with Crippen LogP contribution in [0, 0.1) is 11.8 Å². The Hall–Kier alpha value is -0.260. The monoisotopic (exact) mass is 324 g/mol. The third-order valence-corrected chi connectivity index (χ3v) is 5.27. The SMILES string of the molecule is CC(C)Cc1nn(C(C)C2CC2)c(Cl)c1S(=O)(=O)Cl. The minimum Gasteiger partial charge on any atom is -0.249 e. The van der Waals surface area contributed by atoms with Crippen LogP contribution in [-0.4, -0.2) is 18.2 Å². The van der Waals surface area contributed by atoms with Gasteiger partial charge in [0.2, 0.25) is 0 Å². The van der Waals surface area contributed by atoms with Gasteiger partial charge in [0.15, 0.2) is 0 Å². The van der Waals surface area contributed by atoms with E-state index in [2.05, 4.69) is 5.10 Å². The van der Waals surface area contributed by atoms with Crippen molar-refractivity contribution in [2.75, 3.05) is 0 Å². The fourth-order valence-corrected chi connectivity index (χ4v) is 4.16. The van der Waals surface area contributed by atoms with Crippen LogP contribution >= 0.6 is 22.3 Å². The van der Waals surface area contributed by atoms with Gasteiger partial charge in [-0.3, -0.25) is 0 Å². The summed E-state index contributed by atoms with van der Waals surface area (Å²) in [5.74, 6) is 0.822. The van der Waals surface area contributed by atoms with Crippen LogP contribution in [0.15, 0.2) is 4.90 Å². The molecule has 0 aromatic carbocycles. The van der Waals surface area contributed by atoms with E-state index in [1.807, 2.05) is 20.8 Å². The van der Waals surface area contributed by atoms with Crippen LogP contribution in [0.3, 0.4) is 0 Å². The van der Waals surface area contributed by atoms with Gasteiger partial charge in [0.1, 0.15) is 10.0 Å². The molecule has 1 aliphatic rings. The molecule has 0 N–H and O–H groups in total. The van der Waals surface area contributed by atoms with Crippen molar-refractivity contribution in [1.82, 2.24) is 9.78 Å². The Morgan fingerprint density at radius 2 is 1.95 bits per heavy atom. The number of hydrogen-bond acceptors (Lipinski definition) is 3. The lowest BCUT2D eigenvalue weighted by atomic mass is 10.1. The standard InChI is InChI=1S/C12H18Cl2N2O2S/c1-7(2)6-10-11(19(14,17)18)12(13)16(15-10)8(3)9-4-5-9/h7-9H,4-6H2,1-3H3. The predicted molar refractivity (Wildman–Crippen MR) is 76.3 cm³/mol. The van der Waals surface area contributed by atoms with Crippen molar-refractivity contribution in [2.24, 2.45) is 11.8 Å². The largest absolute Gasteiger partial charge is 0.266 e. The second-order valence-electron chi connectivity index (χ2n) is 5.63. The molecule has 19 heavy (non-hydrogen) atoms. The molecule has 0 aliphatic heterocycles. The second-order valence-corrected chi connectivity index (χ2v) is 8.49. The molecule has 0 saturated heterocycles. The van der Waals surface area contributed by atoms with Gasteiger partial charge in [0.05, 0.1) is 11.7 Å². The van der Waals surface area contributed by atoms with Gasteiger partial charge in [-0.15, -0.1) is 0 Å². The van der Waals surface area contributed by atoms with Crippen molar-refractivity contribution in [1.29, 1.82) is 0 Å². The highest BCUT2D eigenvalue weighted by molar-refractivity contribution is 8.13. The third kappa shape index (κ3) is 3.26. The Labute approximate surface area is 123 Å². The van der Waals surface area contributed by atoms with E-state index in [0.29, 0.717) is 18.0 Å². The summed E-state index contributed by atoms with van der Waals surface area (Å²) < 4.78 is 25.0. The molecule has 4 nitrogen and oxygen atoms in total. The Bertz CT molecular complexity index is 577. The van der Waals surface area contributed by atoms with Gasteiger partial charge in [-0.2, -0.15) is 5.10 Å². The summed E-state index contributed by atoms with van der Waals surface area (Å²) in [6.07, 6.45) is 2.82. The molecule has 0 spiro atoms. The number of aromatic nitrogens is 2. The van der Waals surface area contributed by atoms with Crippen molar-refractivity contribution < 1.29 is 8.42 Å². The normalized spacial score (nSPS) is 18.0. The van der Waals surface area contributed by atoms with Crippen LogP contribution in [0.2, 0.25) is 5.15 Å². The number of nitrogens with zero attached hydrogens (tertiary/aromatic N) is 2. The van der Waals surface area contributed by atoms with Crippen molar-refractivity contribution in [3.8, 4) is 0 Å².